The Bertz CT molecular complexity index is 643. The molecular weight excluding hydrogens is 314 g/mol. The first kappa shape index (κ1) is 17.5. The molecule has 0 bridgehead atoms. The zero-order valence-corrected chi connectivity index (χ0v) is 14.7. The Hall–Kier alpha value is -2.30. The minimum Gasteiger partial charge on any atom is -0.371 e. The Kier molecular flexibility index (Phi) is 5.74. The van der Waals surface area contributed by atoms with Gasteiger partial charge in [-0.3, -0.25) is 9.59 Å². The second kappa shape index (κ2) is 8.19. The molecule has 1 saturated heterocycles. The molecule has 1 aliphatic heterocycles. The number of allylic oxidation sites excluding steroid dienone is 1. The zero-order valence-electron chi connectivity index (χ0n) is 14.7. The second-order valence-electron chi connectivity index (χ2n) is 7.08. The summed E-state index contributed by atoms with van der Waals surface area (Å²) < 4.78 is 0. The minimum atomic E-state index is -0.208. The number of anilines is 1. The molecular formula is C20H27N3O2. The Labute approximate surface area is 149 Å². The molecule has 3 N–H and O–H groups in total. The Morgan fingerprint density at radius 1 is 1.16 bits per heavy atom. The van der Waals surface area contributed by atoms with E-state index in [9.17, 15) is 9.59 Å². The van der Waals surface area contributed by atoms with Crippen LogP contribution < -0.4 is 16.0 Å². The molecule has 2 aliphatic rings. The number of piperidine rings is 1. The number of nitrogens with zero attached hydrogens (tertiary/aromatic N) is 1. The number of rotatable bonds is 5. The van der Waals surface area contributed by atoms with Crippen molar-refractivity contribution in [1.82, 2.24) is 5.32 Å². The largest absolute Gasteiger partial charge is 0.371 e. The summed E-state index contributed by atoms with van der Waals surface area (Å²) in [7, 11) is 0. The summed E-state index contributed by atoms with van der Waals surface area (Å²) in [5.41, 5.74) is 8.89. The highest BCUT2D eigenvalue weighted by Gasteiger charge is 2.24. The van der Waals surface area contributed by atoms with Crippen molar-refractivity contribution in [1.29, 1.82) is 0 Å². The molecule has 0 aromatic heterocycles. The second-order valence-corrected chi connectivity index (χ2v) is 7.08. The van der Waals surface area contributed by atoms with E-state index < -0.39 is 0 Å². The van der Waals surface area contributed by atoms with Crippen molar-refractivity contribution in [2.45, 2.75) is 45.1 Å². The highest BCUT2D eigenvalue weighted by Crippen LogP contribution is 2.24. The molecule has 1 aliphatic carbocycles. The Morgan fingerprint density at radius 3 is 2.56 bits per heavy atom. The number of hydrogen-bond donors (Lipinski definition) is 2. The van der Waals surface area contributed by atoms with Crippen LogP contribution in [0.15, 0.2) is 35.9 Å². The van der Waals surface area contributed by atoms with E-state index >= 15 is 0 Å². The van der Waals surface area contributed by atoms with Gasteiger partial charge in [-0.15, -0.1) is 0 Å². The molecule has 0 unspecified atom stereocenters. The van der Waals surface area contributed by atoms with Crippen molar-refractivity contribution in [3.63, 3.8) is 0 Å². The number of amides is 2. The molecule has 1 aromatic rings. The molecule has 5 heteroatoms. The van der Waals surface area contributed by atoms with E-state index in [1.54, 1.807) is 6.08 Å². The van der Waals surface area contributed by atoms with Gasteiger partial charge in [0, 0.05) is 31.4 Å². The van der Waals surface area contributed by atoms with Gasteiger partial charge in [0.25, 0.3) is 0 Å². The number of carbonyl (C=O) groups excluding carboxylic acids is 2. The number of nitrogens with two attached hydrogens (primary N) is 1. The average molecular weight is 341 g/mol. The molecule has 1 saturated carbocycles. The van der Waals surface area contributed by atoms with Crippen LogP contribution in [0.3, 0.4) is 0 Å². The van der Waals surface area contributed by atoms with E-state index in [1.807, 2.05) is 12.1 Å². The van der Waals surface area contributed by atoms with Gasteiger partial charge in [0.15, 0.2) is 0 Å². The van der Waals surface area contributed by atoms with Crippen LogP contribution in [0.1, 0.15) is 44.1 Å². The van der Waals surface area contributed by atoms with Crippen molar-refractivity contribution < 1.29 is 9.59 Å². The van der Waals surface area contributed by atoms with E-state index in [2.05, 4.69) is 22.3 Å². The highest BCUT2D eigenvalue weighted by molar-refractivity contribution is 5.88. The molecule has 0 spiro atoms. The van der Waals surface area contributed by atoms with Gasteiger partial charge < -0.3 is 16.0 Å². The molecule has 1 atom stereocenters. The van der Waals surface area contributed by atoms with Crippen LogP contribution in [0.5, 0.6) is 0 Å². The number of primary amides is 1. The van der Waals surface area contributed by atoms with Crippen LogP contribution in [-0.2, 0) is 16.1 Å². The molecule has 0 radical (unpaired) electrons. The van der Waals surface area contributed by atoms with E-state index in [0.29, 0.717) is 13.1 Å². The fourth-order valence-electron chi connectivity index (χ4n) is 3.67. The van der Waals surface area contributed by atoms with Gasteiger partial charge in [-0.25, -0.2) is 0 Å². The van der Waals surface area contributed by atoms with Gasteiger partial charge in [0.2, 0.25) is 11.8 Å². The molecule has 1 heterocycles. The van der Waals surface area contributed by atoms with E-state index in [4.69, 9.17) is 5.73 Å². The lowest BCUT2D eigenvalue weighted by Gasteiger charge is -2.33. The van der Waals surface area contributed by atoms with E-state index in [0.717, 1.165) is 43.5 Å². The van der Waals surface area contributed by atoms with Crippen molar-refractivity contribution in [3.05, 3.63) is 41.5 Å². The Balaban J connectivity index is 1.52. The van der Waals surface area contributed by atoms with E-state index in [1.165, 1.54) is 18.4 Å². The standard InChI is InChI=1S/C20H27N3O2/c21-20(25)17-6-3-11-23(14-17)18-9-7-16(8-10-18)13-22-19(24)12-15-4-1-2-5-15/h7-10,12,17H,1-6,11,13-14H2,(H2,21,25)(H,22,24)/t17-/m0/s1. The van der Waals surface area contributed by atoms with Crippen molar-refractivity contribution >= 4 is 17.5 Å². The summed E-state index contributed by atoms with van der Waals surface area (Å²) in [5.74, 6) is -0.266. The number of nitrogens with one attached hydrogen (secondary N) is 1. The van der Waals surface area contributed by atoms with Crippen molar-refractivity contribution in [3.8, 4) is 0 Å². The van der Waals surface area contributed by atoms with Crippen LogP contribution in [0.4, 0.5) is 5.69 Å². The number of hydrogen-bond acceptors (Lipinski definition) is 3. The summed E-state index contributed by atoms with van der Waals surface area (Å²) in [6, 6.07) is 8.18. The maximum Gasteiger partial charge on any atom is 0.244 e. The van der Waals surface area contributed by atoms with E-state index in [-0.39, 0.29) is 17.7 Å². The zero-order chi connectivity index (χ0) is 17.6. The third-order valence-corrected chi connectivity index (χ3v) is 5.17. The van der Waals surface area contributed by atoms with Crippen LogP contribution in [0.2, 0.25) is 0 Å². The first-order chi connectivity index (χ1) is 12.1. The highest BCUT2D eigenvalue weighted by atomic mass is 16.1. The van der Waals surface area contributed by atoms with Crippen molar-refractivity contribution in [2.75, 3.05) is 18.0 Å². The van der Waals surface area contributed by atoms with Crippen LogP contribution in [0.25, 0.3) is 0 Å². The lowest BCUT2D eigenvalue weighted by atomic mass is 9.97. The molecule has 2 amide bonds. The van der Waals surface area contributed by atoms with Gasteiger partial charge in [-0.1, -0.05) is 17.7 Å². The SMILES string of the molecule is NC(=O)[C@H]1CCCN(c2ccc(CNC(=O)C=C3CCCC3)cc2)C1. The number of carbonyl (C=O) groups is 2. The smallest absolute Gasteiger partial charge is 0.244 e. The maximum absolute atomic E-state index is 11.9. The maximum atomic E-state index is 11.9. The minimum absolute atomic E-state index is 0.00121. The predicted molar refractivity (Wildman–Crippen MR) is 99.0 cm³/mol. The first-order valence-corrected chi connectivity index (χ1v) is 9.22. The van der Waals surface area contributed by atoms with Crippen LogP contribution in [0, 0.1) is 5.92 Å². The van der Waals surface area contributed by atoms with Crippen LogP contribution in [-0.4, -0.2) is 24.9 Å². The van der Waals surface area contributed by atoms with Gasteiger partial charge in [-0.05, 0) is 56.2 Å². The summed E-state index contributed by atoms with van der Waals surface area (Å²) >= 11 is 0. The lowest BCUT2D eigenvalue weighted by Crippen LogP contribution is -2.41. The third kappa shape index (κ3) is 4.84. The fraction of sp³-hybridized carbons (Fsp3) is 0.500. The molecule has 134 valence electrons. The summed E-state index contributed by atoms with van der Waals surface area (Å²) in [6.45, 7) is 2.18. The normalized spacial score (nSPS) is 20.4. The lowest BCUT2D eigenvalue weighted by molar-refractivity contribution is -0.122. The van der Waals surface area contributed by atoms with Gasteiger partial charge in [0.05, 0.1) is 5.92 Å². The number of benzene rings is 1. The molecule has 1 aromatic carbocycles. The fourth-order valence-corrected chi connectivity index (χ4v) is 3.67. The average Bonchev–Trinajstić information content (AvgIpc) is 3.13. The molecule has 3 rings (SSSR count). The molecule has 5 nitrogen and oxygen atoms in total. The molecule has 2 fully saturated rings. The topological polar surface area (TPSA) is 75.4 Å². The summed E-state index contributed by atoms with van der Waals surface area (Å²) in [4.78, 5) is 25.6. The monoisotopic (exact) mass is 341 g/mol. The van der Waals surface area contributed by atoms with Crippen LogP contribution >= 0.6 is 0 Å². The predicted octanol–water partition coefficient (Wildman–Crippen LogP) is 2.50. The quantitative estimate of drug-likeness (QED) is 0.808. The third-order valence-electron chi connectivity index (χ3n) is 5.17. The first-order valence-electron chi connectivity index (χ1n) is 9.22. The van der Waals surface area contributed by atoms with Gasteiger partial charge >= 0.3 is 0 Å². The van der Waals surface area contributed by atoms with Crippen molar-refractivity contribution in [2.24, 2.45) is 11.7 Å². The Morgan fingerprint density at radius 2 is 1.88 bits per heavy atom. The summed E-state index contributed by atoms with van der Waals surface area (Å²) in [6.07, 6.45) is 8.15. The summed E-state index contributed by atoms with van der Waals surface area (Å²) in [5, 5.41) is 2.96. The molecule has 25 heavy (non-hydrogen) atoms. The van der Waals surface area contributed by atoms with Gasteiger partial charge in [0.1, 0.15) is 0 Å². The van der Waals surface area contributed by atoms with Gasteiger partial charge in [-0.2, -0.15) is 0 Å².